The standard InChI is InChI=1S/C24H38N4O2/c1-17-7-6-8-18(2)28(17)24(30)21-16-25-26-23(21)20-11-13-27(14-12-20)22(29)15-19-9-4-3-5-10-19/h16-20H,3-15H2,1-2H3,(H,25,26). The second-order valence-corrected chi connectivity index (χ2v) is 9.90. The fourth-order valence-corrected chi connectivity index (χ4v) is 5.92. The summed E-state index contributed by atoms with van der Waals surface area (Å²) < 4.78 is 0. The van der Waals surface area contributed by atoms with Crippen molar-refractivity contribution in [2.45, 2.75) is 102 Å². The molecule has 1 aromatic heterocycles. The normalized spacial score (nSPS) is 26.7. The van der Waals surface area contributed by atoms with E-state index in [0.29, 0.717) is 11.8 Å². The van der Waals surface area contributed by atoms with Crippen LogP contribution in [-0.4, -0.2) is 57.0 Å². The highest BCUT2D eigenvalue weighted by Gasteiger charge is 2.34. The van der Waals surface area contributed by atoms with Crippen LogP contribution in [0, 0.1) is 5.92 Å². The zero-order valence-corrected chi connectivity index (χ0v) is 18.7. The van der Waals surface area contributed by atoms with Crippen molar-refractivity contribution in [2.75, 3.05) is 13.1 Å². The van der Waals surface area contributed by atoms with Crippen LogP contribution in [0.25, 0.3) is 0 Å². The molecular weight excluding hydrogens is 376 g/mol. The fourth-order valence-electron chi connectivity index (χ4n) is 5.92. The summed E-state index contributed by atoms with van der Waals surface area (Å²) in [6.07, 6.45) is 13.9. The highest BCUT2D eigenvalue weighted by Crippen LogP contribution is 2.33. The highest BCUT2D eigenvalue weighted by molar-refractivity contribution is 5.95. The summed E-state index contributed by atoms with van der Waals surface area (Å²) in [5.74, 6) is 1.32. The first kappa shape index (κ1) is 21.4. The molecular formula is C24H38N4O2. The van der Waals surface area contributed by atoms with Gasteiger partial charge in [-0.3, -0.25) is 14.7 Å². The van der Waals surface area contributed by atoms with E-state index < -0.39 is 0 Å². The maximum absolute atomic E-state index is 13.3. The van der Waals surface area contributed by atoms with E-state index in [1.54, 1.807) is 6.20 Å². The first-order valence-electron chi connectivity index (χ1n) is 12.2. The fraction of sp³-hybridized carbons (Fsp3) is 0.792. The van der Waals surface area contributed by atoms with Crippen molar-refractivity contribution in [1.29, 1.82) is 0 Å². The van der Waals surface area contributed by atoms with Gasteiger partial charge in [0.1, 0.15) is 0 Å². The van der Waals surface area contributed by atoms with E-state index >= 15 is 0 Å². The molecule has 2 amide bonds. The lowest BCUT2D eigenvalue weighted by Crippen LogP contribution is -2.47. The monoisotopic (exact) mass is 414 g/mol. The van der Waals surface area contributed by atoms with Crippen molar-refractivity contribution in [2.24, 2.45) is 5.92 Å². The first-order valence-corrected chi connectivity index (χ1v) is 12.2. The molecule has 3 heterocycles. The number of carbonyl (C=O) groups excluding carboxylic acids is 2. The van der Waals surface area contributed by atoms with Crippen LogP contribution in [0.2, 0.25) is 0 Å². The van der Waals surface area contributed by atoms with Crippen LogP contribution in [0.1, 0.15) is 106 Å². The summed E-state index contributed by atoms with van der Waals surface area (Å²) in [4.78, 5) is 30.2. The lowest BCUT2D eigenvalue weighted by atomic mass is 9.86. The van der Waals surface area contributed by atoms with Gasteiger partial charge in [-0.15, -0.1) is 0 Å². The van der Waals surface area contributed by atoms with E-state index in [1.165, 1.54) is 38.5 Å². The number of H-pyrrole nitrogens is 1. The third-order valence-electron chi connectivity index (χ3n) is 7.77. The van der Waals surface area contributed by atoms with E-state index in [0.717, 1.165) is 56.5 Å². The molecule has 3 aliphatic rings. The summed E-state index contributed by atoms with van der Waals surface area (Å²) in [7, 11) is 0. The molecule has 2 saturated heterocycles. The van der Waals surface area contributed by atoms with Gasteiger partial charge in [0, 0.05) is 37.5 Å². The first-order chi connectivity index (χ1) is 14.5. The Morgan fingerprint density at radius 1 is 0.967 bits per heavy atom. The topological polar surface area (TPSA) is 69.3 Å². The largest absolute Gasteiger partial charge is 0.343 e. The average molecular weight is 415 g/mol. The Morgan fingerprint density at radius 2 is 1.63 bits per heavy atom. The quantitative estimate of drug-likeness (QED) is 0.789. The average Bonchev–Trinajstić information content (AvgIpc) is 3.24. The summed E-state index contributed by atoms with van der Waals surface area (Å²) in [6, 6.07) is 0.562. The molecule has 6 heteroatoms. The minimum atomic E-state index is 0.120. The molecule has 1 aromatic rings. The molecule has 1 N–H and O–H groups in total. The van der Waals surface area contributed by atoms with Gasteiger partial charge >= 0.3 is 0 Å². The van der Waals surface area contributed by atoms with Crippen molar-refractivity contribution in [3.8, 4) is 0 Å². The van der Waals surface area contributed by atoms with Gasteiger partial charge in [-0.25, -0.2) is 0 Å². The maximum atomic E-state index is 13.3. The van der Waals surface area contributed by atoms with E-state index in [4.69, 9.17) is 0 Å². The van der Waals surface area contributed by atoms with Crippen molar-refractivity contribution >= 4 is 11.8 Å². The Labute approximate surface area is 180 Å². The molecule has 4 rings (SSSR count). The van der Waals surface area contributed by atoms with Crippen LogP contribution < -0.4 is 0 Å². The number of rotatable bonds is 4. The minimum absolute atomic E-state index is 0.120. The van der Waals surface area contributed by atoms with Crippen molar-refractivity contribution in [1.82, 2.24) is 20.0 Å². The van der Waals surface area contributed by atoms with E-state index in [1.807, 2.05) is 0 Å². The van der Waals surface area contributed by atoms with Crippen LogP contribution in [0.5, 0.6) is 0 Å². The van der Waals surface area contributed by atoms with Gasteiger partial charge < -0.3 is 9.80 Å². The van der Waals surface area contributed by atoms with Crippen LogP contribution in [0.4, 0.5) is 0 Å². The van der Waals surface area contributed by atoms with Crippen LogP contribution in [-0.2, 0) is 4.79 Å². The Balaban J connectivity index is 1.36. The number of carbonyl (C=O) groups is 2. The predicted octanol–water partition coefficient (Wildman–Crippen LogP) is 4.49. The SMILES string of the molecule is CC1CCCC(C)N1C(=O)c1cn[nH]c1C1CCN(C(=O)CC2CCCCC2)CC1. The van der Waals surface area contributed by atoms with E-state index in [2.05, 4.69) is 33.8 Å². The maximum Gasteiger partial charge on any atom is 0.257 e. The Kier molecular flexibility index (Phi) is 6.79. The summed E-state index contributed by atoms with van der Waals surface area (Å²) >= 11 is 0. The number of nitrogens with one attached hydrogen (secondary N) is 1. The summed E-state index contributed by atoms with van der Waals surface area (Å²) in [6.45, 7) is 5.90. The molecule has 2 aliphatic heterocycles. The second kappa shape index (κ2) is 9.52. The molecule has 166 valence electrons. The lowest BCUT2D eigenvalue weighted by Gasteiger charge is -2.39. The lowest BCUT2D eigenvalue weighted by molar-refractivity contribution is -0.133. The number of hydrogen-bond acceptors (Lipinski definition) is 3. The number of aromatic nitrogens is 2. The van der Waals surface area contributed by atoms with Gasteiger partial charge in [0.05, 0.1) is 17.5 Å². The number of likely N-dealkylation sites (tertiary alicyclic amines) is 2. The van der Waals surface area contributed by atoms with Gasteiger partial charge in [0.25, 0.3) is 5.91 Å². The van der Waals surface area contributed by atoms with Gasteiger partial charge in [-0.05, 0) is 64.7 Å². The van der Waals surface area contributed by atoms with Gasteiger partial charge in [-0.1, -0.05) is 19.3 Å². The smallest absolute Gasteiger partial charge is 0.257 e. The molecule has 0 bridgehead atoms. The molecule has 6 nitrogen and oxygen atoms in total. The van der Waals surface area contributed by atoms with Crippen molar-refractivity contribution < 1.29 is 9.59 Å². The molecule has 1 aliphatic carbocycles. The third-order valence-corrected chi connectivity index (χ3v) is 7.77. The highest BCUT2D eigenvalue weighted by atomic mass is 16.2. The van der Waals surface area contributed by atoms with Gasteiger partial charge in [0.15, 0.2) is 0 Å². The van der Waals surface area contributed by atoms with Crippen molar-refractivity contribution in [3.63, 3.8) is 0 Å². The van der Waals surface area contributed by atoms with Crippen LogP contribution >= 0.6 is 0 Å². The molecule has 0 aromatic carbocycles. The van der Waals surface area contributed by atoms with Crippen LogP contribution in [0.3, 0.4) is 0 Å². The summed E-state index contributed by atoms with van der Waals surface area (Å²) in [5.41, 5.74) is 1.71. The van der Waals surface area contributed by atoms with Gasteiger partial charge in [-0.2, -0.15) is 5.10 Å². The third kappa shape index (κ3) is 4.57. The van der Waals surface area contributed by atoms with E-state index in [-0.39, 0.29) is 23.9 Å². The van der Waals surface area contributed by atoms with Gasteiger partial charge in [0.2, 0.25) is 5.91 Å². The molecule has 0 radical (unpaired) electrons. The van der Waals surface area contributed by atoms with Crippen LogP contribution in [0.15, 0.2) is 6.20 Å². The molecule has 2 unspecified atom stereocenters. The second-order valence-electron chi connectivity index (χ2n) is 9.90. The molecule has 30 heavy (non-hydrogen) atoms. The zero-order valence-electron chi connectivity index (χ0n) is 18.7. The number of nitrogens with zero attached hydrogens (tertiary/aromatic N) is 3. The number of amides is 2. The molecule has 1 saturated carbocycles. The van der Waals surface area contributed by atoms with Crippen molar-refractivity contribution in [3.05, 3.63) is 17.5 Å². The number of hydrogen-bond donors (Lipinski definition) is 1. The summed E-state index contributed by atoms with van der Waals surface area (Å²) in [5, 5.41) is 7.38. The Bertz CT molecular complexity index is 721. The number of piperidine rings is 2. The predicted molar refractivity (Wildman–Crippen MR) is 117 cm³/mol. The Morgan fingerprint density at radius 3 is 2.30 bits per heavy atom. The molecule has 0 spiro atoms. The molecule has 3 fully saturated rings. The number of aromatic amines is 1. The zero-order chi connectivity index (χ0) is 21.1. The minimum Gasteiger partial charge on any atom is -0.343 e. The Hall–Kier alpha value is -1.85. The van der Waals surface area contributed by atoms with E-state index in [9.17, 15) is 9.59 Å². The molecule has 2 atom stereocenters.